The highest BCUT2D eigenvalue weighted by molar-refractivity contribution is 6.18. The SMILES string of the molecule is c1ccc(-c2ccccc2-c2ccc(N(c3ccc4c(-c5cc6ccccc6c6ccccc56)cccc4c3)c3cccc4oc5cc6ccccc6cc5c34)cc2)cc1. The van der Waals surface area contributed by atoms with Crippen LogP contribution in [0.3, 0.4) is 0 Å². The van der Waals surface area contributed by atoms with Crippen molar-refractivity contribution in [2.75, 3.05) is 4.90 Å². The molecule has 0 bridgehead atoms. The van der Waals surface area contributed by atoms with Gasteiger partial charge in [-0.3, -0.25) is 0 Å². The molecular weight excluding hydrogens is 727 g/mol. The van der Waals surface area contributed by atoms with Crippen LogP contribution in [0.15, 0.2) is 229 Å². The summed E-state index contributed by atoms with van der Waals surface area (Å²) in [6.45, 7) is 0. The highest BCUT2D eigenvalue weighted by Crippen LogP contribution is 2.46. The molecule has 1 aromatic heterocycles. The van der Waals surface area contributed by atoms with E-state index < -0.39 is 0 Å². The van der Waals surface area contributed by atoms with Gasteiger partial charge in [-0.15, -0.1) is 0 Å². The summed E-state index contributed by atoms with van der Waals surface area (Å²) in [5.74, 6) is 0. The van der Waals surface area contributed by atoms with Gasteiger partial charge in [0.15, 0.2) is 0 Å². The first-order chi connectivity index (χ1) is 29.7. The molecule has 0 aliphatic heterocycles. The van der Waals surface area contributed by atoms with Crippen LogP contribution in [-0.2, 0) is 0 Å². The molecule has 0 saturated heterocycles. The van der Waals surface area contributed by atoms with E-state index in [0.717, 1.165) is 39.0 Å². The maximum Gasteiger partial charge on any atom is 0.137 e. The zero-order valence-electron chi connectivity index (χ0n) is 32.7. The zero-order chi connectivity index (χ0) is 39.6. The number of hydrogen-bond acceptors (Lipinski definition) is 2. The maximum absolute atomic E-state index is 6.63. The Bertz CT molecular complexity index is 3600. The van der Waals surface area contributed by atoms with Crippen LogP contribution in [0.1, 0.15) is 0 Å². The van der Waals surface area contributed by atoms with Gasteiger partial charge in [-0.25, -0.2) is 0 Å². The molecular formula is C58H37NO. The van der Waals surface area contributed by atoms with Gasteiger partial charge in [0.1, 0.15) is 11.2 Å². The first kappa shape index (κ1) is 34.1. The molecule has 60 heavy (non-hydrogen) atoms. The molecule has 0 aliphatic carbocycles. The Morgan fingerprint density at radius 3 is 1.67 bits per heavy atom. The summed E-state index contributed by atoms with van der Waals surface area (Å²) in [6, 6.07) is 81.3. The van der Waals surface area contributed by atoms with E-state index in [1.165, 1.54) is 76.5 Å². The van der Waals surface area contributed by atoms with Gasteiger partial charge in [0.25, 0.3) is 0 Å². The zero-order valence-corrected chi connectivity index (χ0v) is 32.7. The van der Waals surface area contributed by atoms with Crippen molar-refractivity contribution in [2.24, 2.45) is 0 Å². The summed E-state index contributed by atoms with van der Waals surface area (Å²) in [4.78, 5) is 2.40. The summed E-state index contributed by atoms with van der Waals surface area (Å²) >= 11 is 0. The Labute approximate surface area is 347 Å². The smallest absolute Gasteiger partial charge is 0.137 e. The lowest BCUT2D eigenvalue weighted by molar-refractivity contribution is 0.669. The van der Waals surface area contributed by atoms with Crippen molar-refractivity contribution in [3.63, 3.8) is 0 Å². The number of nitrogens with zero attached hydrogens (tertiary/aromatic N) is 1. The van der Waals surface area contributed by atoms with Crippen molar-refractivity contribution in [1.29, 1.82) is 0 Å². The molecule has 1 heterocycles. The van der Waals surface area contributed by atoms with Crippen LogP contribution in [-0.4, -0.2) is 0 Å². The number of benzene rings is 11. The Balaban J connectivity index is 1.06. The van der Waals surface area contributed by atoms with E-state index in [1.807, 2.05) is 0 Å². The first-order valence-corrected chi connectivity index (χ1v) is 20.6. The molecule has 0 amide bonds. The maximum atomic E-state index is 6.63. The van der Waals surface area contributed by atoms with E-state index in [9.17, 15) is 0 Å². The van der Waals surface area contributed by atoms with Crippen molar-refractivity contribution in [3.8, 4) is 33.4 Å². The standard InChI is InChI=1S/C58H37NO/c1-2-14-38(15-3-1)46-20-8-9-21-47(46)39-28-30-44(31-29-39)59(55-26-13-27-56-58(55)54-35-40-16-4-5-17-41(40)37-57(54)60-56)45-32-33-49-42(34-45)19-12-25-51(49)53-36-43-18-6-7-22-48(43)50-23-10-11-24-52(50)53/h1-37H. The van der Waals surface area contributed by atoms with Crippen molar-refractivity contribution in [2.45, 2.75) is 0 Å². The molecule has 0 saturated carbocycles. The van der Waals surface area contributed by atoms with Crippen LogP contribution in [0.5, 0.6) is 0 Å². The van der Waals surface area contributed by atoms with Crippen molar-refractivity contribution in [1.82, 2.24) is 0 Å². The minimum absolute atomic E-state index is 0.863. The first-order valence-electron chi connectivity index (χ1n) is 20.6. The van der Waals surface area contributed by atoms with Gasteiger partial charge in [-0.05, 0) is 131 Å². The second kappa shape index (κ2) is 13.9. The second-order valence-corrected chi connectivity index (χ2v) is 15.6. The molecule has 0 spiro atoms. The summed E-state index contributed by atoms with van der Waals surface area (Å²) in [7, 11) is 0. The molecule has 0 unspecified atom stereocenters. The molecule has 0 radical (unpaired) electrons. The third-order valence-corrected chi connectivity index (χ3v) is 12.2. The summed E-state index contributed by atoms with van der Waals surface area (Å²) in [6.07, 6.45) is 0. The fourth-order valence-electron chi connectivity index (χ4n) is 9.42. The van der Waals surface area contributed by atoms with Gasteiger partial charge in [0.2, 0.25) is 0 Å². The number of fused-ring (bicyclic) bond motifs is 8. The minimum atomic E-state index is 0.863. The van der Waals surface area contributed by atoms with Crippen LogP contribution < -0.4 is 4.90 Å². The lowest BCUT2D eigenvalue weighted by Crippen LogP contribution is -2.10. The highest BCUT2D eigenvalue weighted by atomic mass is 16.3. The van der Waals surface area contributed by atoms with Crippen molar-refractivity contribution in [3.05, 3.63) is 224 Å². The van der Waals surface area contributed by atoms with Crippen LogP contribution in [0.4, 0.5) is 17.1 Å². The molecule has 0 N–H and O–H groups in total. The van der Waals surface area contributed by atoms with E-state index in [2.05, 4.69) is 229 Å². The summed E-state index contributed by atoms with van der Waals surface area (Å²) < 4.78 is 6.63. The average Bonchev–Trinajstić information content (AvgIpc) is 3.69. The lowest BCUT2D eigenvalue weighted by Gasteiger charge is -2.27. The molecule has 0 atom stereocenters. The summed E-state index contributed by atoms with van der Waals surface area (Å²) in [5.41, 5.74) is 12.2. The van der Waals surface area contributed by atoms with Crippen molar-refractivity contribution < 1.29 is 4.42 Å². The Kier molecular flexibility index (Phi) is 7.89. The number of rotatable bonds is 6. The molecule has 280 valence electrons. The van der Waals surface area contributed by atoms with Crippen LogP contribution in [0.25, 0.3) is 98.4 Å². The van der Waals surface area contributed by atoms with E-state index in [-0.39, 0.29) is 0 Å². The average molecular weight is 764 g/mol. The highest BCUT2D eigenvalue weighted by Gasteiger charge is 2.21. The number of furan rings is 1. The molecule has 12 rings (SSSR count). The van der Waals surface area contributed by atoms with E-state index in [4.69, 9.17) is 4.42 Å². The fraction of sp³-hybridized carbons (Fsp3) is 0. The predicted octanol–water partition coefficient (Wildman–Crippen LogP) is 16.7. The normalized spacial score (nSPS) is 11.7. The third kappa shape index (κ3) is 5.57. The topological polar surface area (TPSA) is 16.4 Å². The Morgan fingerprint density at radius 2 is 0.867 bits per heavy atom. The Hall–Kier alpha value is -7.94. The van der Waals surface area contributed by atoms with Crippen LogP contribution in [0, 0.1) is 0 Å². The number of anilines is 3. The molecule has 0 fully saturated rings. The Morgan fingerprint density at radius 1 is 0.283 bits per heavy atom. The van der Waals surface area contributed by atoms with E-state index in [0.29, 0.717) is 0 Å². The largest absolute Gasteiger partial charge is 0.456 e. The van der Waals surface area contributed by atoms with Crippen LogP contribution in [0.2, 0.25) is 0 Å². The summed E-state index contributed by atoms with van der Waals surface area (Å²) in [5, 5.41) is 12.0. The van der Waals surface area contributed by atoms with Crippen molar-refractivity contribution >= 4 is 82.1 Å². The molecule has 11 aromatic carbocycles. The molecule has 2 nitrogen and oxygen atoms in total. The van der Waals surface area contributed by atoms with E-state index in [1.54, 1.807) is 0 Å². The van der Waals surface area contributed by atoms with Gasteiger partial charge >= 0.3 is 0 Å². The number of hydrogen-bond donors (Lipinski definition) is 0. The third-order valence-electron chi connectivity index (χ3n) is 12.2. The van der Waals surface area contributed by atoms with Crippen LogP contribution >= 0.6 is 0 Å². The van der Waals surface area contributed by atoms with Gasteiger partial charge in [0.05, 0.1) is 11.1 Å². The van der Waals surface area contributed by atoms with Gasteiger partial charge in [0, 0.05) is 16.8 Å². The van der Waals surface area contributed by atoms with Gasteiger partial charge in [-0.1, -0.05) is 170 Å². The molecule has 12 aromatic rings. The van der Waals surface area contributed by atoms with Gasteiger partial charge in [-0.2, -0.15) is 0 Å². The van der Waals surface area contributed by atoms with Gasteiger partial charge < -0.3 is 9.32 Å². The quantitative estimate of drug-likeness (QED) is 0.157. The van der Waals surface area contributed by atoms with E-state index >= 15 is 0 Å². The lowest BCUT2D eigenvalue weighted by atomic mass is 9.90. The second-order valence-electron chi connectivity index (χ2n) is 15.6. The fourth-order valence-corrected chi connectivity index (χ4v) is 9.42. The molecule has 0 aliphatic rings. The molecule has 2 heteroatoms. The minimum Gasteiger partial charge on any atom is -0.456 e. The predicted molar refractivity (Wildman–Crippen MR) is 255 cm³/mol. The monoisotopic (exact) mass is 763 g/mol.